The number of nitrogens with two attached hydrogens (primary N) is 1. The van der Waals surface area contributed by atoms with E-state index in [-0.39, 0.29) is 12.2 Å². The molecule has 4 heteroatoms. The van der Waals surface area contributed by atoms with Gasteiger partial charge in [0.15, 0.2) is 0 Å². The van der Waals surface area contributed by atoms with Crippen LogP contribution in [0.5, 0.6) is 0 Å². The molecule has 0 amide bonds. The van der Waals surface area contributed by atoms with E-state index in [1.54, 1.807) is 12.1 Å². The lowest BCUT2D eigenvalue weighted by atomic mass is 9.99. The molecule has 0 radical (unpaired) electrons. The number of benzene rings is 2. The largest absolute Gasteiger partial charge is 0.478 e. The summed E-state index contributed by atoms with van der Waals surface area (Å²) in [6, 6.07) is 10.9. The number of hydrogen-bond acceptors (Lipinski definition) is 3. The van der Waals surface area contributed by atoms with Crippen LogP contribution < -0.4 is 5.90 Å². The van der Waals surface area contributed by atoms with Crippen LogP contribution >= 0.6 is 0 Å². The Bertz CT molecular complexity index is 537. The van der Waals surface area contributed by atoms with Gasteiger partial charge in [-0.3, -0.25) is 4.84 Å². The molecule has 0 atom stereocenters. The summed E-state index contributed by atoms with van der Waals surface area (Å²) < 4.78 is 0. The van der Waals surface area contributed by atoms with Crippen molar-refractivity contribution in [1.29, 1.82) is 0 Å². The minimum atomic E-state index is -0.969. The predicted octanol–water partition coefficient (Wildman–Crippen LogP) is 1.93. The molecular formula is C12H11NO3. The van der Waals surface area contributed by atoms with E-state index in [2.05, 4.69) is 4.84 Å². The van der Waals surface area contributed by atoms with Gasteiger partial charge in [0.05, 0.1) is 12.2 Å². The Hall–Kier alpha value is -1.91. The van der Waals surface area contributed by atoms with Crippen molar-refractivity contribution in [2.75, 3.05) is 0 Å². The van der Waals surface area contributed by atoms with Gasteiger partial charge in [-0.05, 0) is 16.3 Å². The zero-order valence-corrected chi connectivity index (χ0v) is 8.51. The van der Waals surface area contributed by atoms with Gasteiger partial charge in [0.1, 0.15) is 0 Å². The lowest BCUT2D eigenvalue weighted by molar-refractivity contribution is 0.0690. The second kappa shape index (κ2) is 4.30. The topological polar surface area (TPSA) is 72.5 Å². The van der Waals surface area contributed by atoms with Crippen LogP contribution in [-0.4, -0.2) is 11.1 Å². The van der Waals surface area contributed by atoms with Gasteiger partial charge in [0.25, 0.3) is 0 Å². The van der Waals surface area contributed by atoms with Gasteiger partial charge in [0.2, 0.25) is 0 Å². The number of carboxylic acids is 1. The second-order valence-electron chi connectivity index (χ2n) is 3.44. The van der Waals surface area contributed by atoms with Gasteiger partial charge in [-0.1, -0.05) is 36.4 Å². The average Bonchev–Trinajstić information content (AvgIpc) is 2.28. The van der Waals surface area contributed by atoms with Gasteiger partial charge in [-0.25, -0.2) is 10.7 Å². The molecule has 2 aromatic carbocycles. The van der Waals surface area contributed by atoms with E-state index in [0.717, 1.165) is 5.39 Å². The summed E-state index contributed by atoms with van der Waals surface area (Å²) in [4.78, 5) is 15.7. The van der Waals surface area contributed by atoms with Crippen LogP contribution in [0.15, 0.2) is 36.4 Å². The van der Waals surface area contributed by atoms with E-state index in [9.17, 15) is 9.90 Å². The first kappa shape index (κ1) is 10.6. The van der Waals surface area contributed by atoms with E-state index >= 15 is 0 Å². The Labute approximate surface area is 92.2 Å². The summed E-state index contributed by atoms with van der Waals surface area (Å²) in [5.41, 5.74) is 0.831. The van der Waals surface area contributed by atoms with Gasteiger partial charge in [0, 0.05) is 0 Å². The molecule has 0 bridgehead atoms. The van der Waals surface area contributed by atoms with E-state index in [0.29, 0.717) is 10.9 Å². The molecule has 0 heterocycles. The maximum atomic E-state index is 11.2. The van der Waals surface area contributed by atoms with Crippen molar-refractivity contribution in [3.05, 3.63) is 47.5 Å². The molecule has 0 aromatic heterocycles. The second-order valence-corrected chi connectivity index (χ2v) is 3.44. The quantitative estimate of drug-likeness (QED) is 0.770. The zero-order chi connectivity index (χ0) is 11.5. The molecule has 0 saturated carbocycles. The third-order valence-corrected chi connectivity index (χ3v) is 2.47. The Balaban J connectivity index is 2.73. The normalized spacial score (nSPS) is 10.6. The highest BCUT2D eigenvalue weighted by molar-refractivity contribution is 6.05. The first-order valence-corrected chi connectivity index (χ1v) is 4.79. The lowest BCUT2D eigenvalue weighted by Crippen LogP contribution is -2.07. The highest BCUT2D eigenvalue weighted by atomic mass is 16.6. The third-order valence-electron chi connectivity index (χ3n) is 2.47. The summed E-state index contributed by atoms with van der Waals surface area (Å²) in [6.07, 6.45) is 0. The van der Waals surface area contributed by atoms with Crippen molar-refractivity contribution in [2.45, 2.75) is 6.61 Å². The average molecular weight is 217 g/mol. The van der Waals surface area contributed by atoms with Crippen molar-refractivity contribution in [1.82, 2.24) is 0 Å². The van der Waals surface area contributed by atoms with Gasteiger partial charge >= 0.3 is 5.97 Å². The minimum absolute atomic E-state index is 0.0897. The van der Waals surface area contributed by atoms with Crippen molar-refractivity contribution < 1.29 is 14.7 Å². The molecule has 16 heavy (non-hydrogen) atoms. The first-order chi connectivity index (χ1) is 7.74. The Kier molecular flexibility index (Phi) is 2.85. The van der Waals surface area contributed by atoms with Crippen LogP contribution in [0.4, 0.5) is 0 Å². The van der Waals surface area contributed by atoms with E-state index < -0.39 is 5.97 Å². The minimum Gasteiger partial charge on any atom is -0.478 e. The number of fused-ring (bicyclic) bond motifs is 1. The summed E-state index contributed by atoms with van der Waals surface area (Å²) in [6.45, 7) is 0.0897. The predicted molar refractivity (Wildman–Crippen MR) is 59.9 cm³/mol. The Morgan fingerprint density at radius 2 is 2.00 bits per heavy atom. The van der Waals surface area contributed by atoms with Crippen molar-refractivity contribution in [3.8, 4) is 0 Å². The molecule has 0 aliphatic rings. The maximum Gasteiger partial charge on any atom is 0.336 e. The van der Waals surface area contributed by atoms with Crippen LogP contribution in [0.2, 0.25) is 0 Å². The fourth-order valence-electron chi connectivity index (χ4n) is 1.78. The summed E-state index contributed by atoms with van der Waals surface area (Å²) in [5.74, 6) is 4.01. The van der Waals surface area contributed by atoms with Gasteiger partial charge < -0.3 is 5.11 Å². The zero-order valence-electron chi connectivity index (χ0n) is 8.51. The fourth-order valence-corrected chi connectivity index (χ4v) is 1.78. The molecule has 0 aliphatic carbocycles. The molecule has 3 N–H and O–H groups in total. The van der Waals surface area contributed by atoms with Gasteiger partial charge in [-0.2, -0.15) is 0 Å². The highest BCUT2D eigenvalue weighted by Crippen LogP contribution is 2.22. The lowest BCUT2D eigenvalue weighted by Gasteiger charge is -2.08. The SMILES string of the molecule is NOCc1ccc2ccccc2c1C(=O)O. The molecule has 0 saturated heterocycles. The standard InChI is InChI=1S/C12H11NO3/c13-16-7-9-6-5-8-3-1-2-4-10(8)11(9)12(14)15/h1-6H,7,13H2,(H,14,15). The number of hydrogen-bond donors (Lipinski definition) is 2. The highest BCUT2D eigenvalue weighted by Gasteiger charge is 2.13. The van der Waals surface area contributed by atoms with E-state index in [1.807, 2.05) is 24.3 Å². The molecule has 0 spiro atoms. The smallest absolute Gasteiger partial charge is 0.336 e. The Morgan fingerprint density at radius 3 is 2.69 bits per heavy atom. The van der Waals surface area contributed by atoms with Gasteiger partial charge in [-0.15, -0.1) is 0 Å². The molecule has 2 aromatic rings. The number of rotatable bonds is 3. The first-order valence-electron chi connectivity index (χ1n) is 4.79. The summed E-state index contributed by atoms with van der Waals surface area (Å²) in [7, 11) is 0. The molecule has 0 unspecified atom stereocenters. The van der Waals surface area contributed by atoms with Crippen LogP contribution in [0.25, 0.3) is 10.8 Å². The van der Waals surface area contributed by atoms with Crippen LogP contribution in [0, 0.1) is 0 Å². The number of carboxylic acid groups (broad SMARTS) is 1. The van der Waals surface area contributed by atoms with Crippen LogP contribution in [0.3, 0.4) is 0 Å². The third kappa shape index (κ3) is 1.76. The Morgan fingerprint density at radius 1 is 1.25 bits per heavy atom. The molecular weight excluding hydrogens is 206 g/mol. The number of carbonyl (C=O) groups is 1. The fraction of sp³-hybridized carbons (Fsp3) is 0.0833. The maximum absolute atomic E-state index is 11.2. The number of aromatic carboxylic acids is 1. The van der Waals surface area contributed by atoms with Crippen LogP contribution in [0.1, 0.15) is 15.9 Å². The van der Waals surface area contributed by atoms with E-state index in [1.165, 1.54) is 0 Å². The molecule has 0 aliphatic heterocycles. The van der Waals surface area contributed by atoms with Crippen molar-refractivity contribution in [3.63, 3.8) is 0 Å². The van der Waals surface area contributed by atoms with Crippen molar-refractivity contribution >= 4 is 16.7 Å². The summed E-state index contributed by atoms with van der Waals surface area (Å²) >= 11 is 0. The molecule has 0 fully saturated rings. The molecule has 82 valence electrons. The summed E-state index contributed by atoms with van der Waals surface area (Å²) in [5, 5.41) is 10.8. The molecule has 2 rings (SSSR count). The molecule has 4 nitrogen and oxygen atoms in total. The van der Waals surface area contributed by atoms with E-state index in [4.69, 9.17) is 5.90 Å². The van der Waals surface area contributed by atoms with Crippen LogP contribution in [-0.2, 0) is 11.4 Å². The van der Waals surface area contributed by atoms with Crippen molar-refractivity contribution in [2.24, 2.45) is 5.90 Å². The monoisotopic (exact) mass is 217 g/mol.